The van der Waals surface area contributed by atoms with Gasteiger partial charge in [0.2, 0.25) is 0 Å². The number of nitrogens with one attached hydrogen (secondary N) is 1. The summed E-state index contributed by atoms with van der Waals surface area (Å²) in [6.07, 6.45) is 7.11. The van der Waals surface area contributed by atoms with Crippen LogP contribution in [0.1, 0.15) is 40.0 Å². The third-order valence-electron chi connectivity index (χ3n) is 3.87. The van der Waals surface area contributed by atoms with E-state index in [-0.39, 0.29) is 17.6 Å². The lowest BCUT2D eigenvalue weighted by molar-refractivity contribution is -0.134. The van der Waals surface area contributed by atoms with Crippen LogP contribution in [0.2, 0.25) is 0 Å². The van der Waals surface area contributed by atoms with Crippen LogP contribution in [0.25, 0.3) is 0 Å². The minimum absolute atomic E-state index is 0.277. The van der Waals surface area contributed by atoms with Gasteiger partial charge < -0.3 is 14.8 Å². The van der Waals surface area contributed by atoms with E-state index in [4.69, 9.17) is 4.74 Å². The average molecular weight is 350 g/mol. The molecule has 2 amide bonds. The molecule has 0 radical (unpaired) electrons. The van der Waals surface area contributed by atoms with Crippen LogP contribution in [-0.2, 0) is 19.1 Å². The summed E-state index contributed by atoms with van der Waals surface area (Å²) in [6.45, 7) is 5.68. The first-order valence-corrected chi connectivity index (χ1v) is 8.47. The average Bonchev–Trinajstić information content (AvgIpc) is 3.24. The van der Waals surface area contributed by atoms with Crippen LogP contribution < -0.4 is 5.32 Å². The normalized spacial score (nSPS) is 18.2. The van der Waals surface area contributed by atoms with Gasteiger partial charge in [0.15, 0.2) is 0 Å². The number of esters is 1. The number of carbonyl (C=O) groups is 3. The Kier molecular flexibility index (Phi) is 5.87. The smallest absolute Gasteiger partial charge is 0.415 e. The molecule has 25 heavy (non-hydrogen) atoms. The topological polar surface area (TPSA) is 84.9 Å². The van der Waals surface area contributed by atoms with Crippen LogP contribution in [0.5, 0.6) is 0 Å². The van der Waals surface area contributed by atoms with Gasteiger partial charge in [-0.1, -0.05) is 18.9 Å². The van der Waals surface area contributed by atoms with E-state index >= 15 is 0 Å². The Labute approximate surface area is 148 Å². The summed E-state index contributed by atoms with van der Waals surface area (Å²) in [5.41, 5.74) is -0.340. The molecule has 7 heteroatoms. The van der Waals surface area contributed by atoms with Crippen LogP contribution in [0.15, 0.2) is 23.9 Å². The maximum Gasteiger partial charge on any atom is 0.415 e. The molecule has 1 aliphatic heterocycles. The van der Waals surface area contributed by atoms with E-state index in [2.05, 4.69) is 10.1 Å². The predicted octanol–water partition coefficient (Wildman–Crippen LogP) is 2.14. The van der Waals surface area contributed by atoms with Crippen LogP contribution in [0, 0.1) is 5.92 Å². The molecule has 0 saturated heterocycles. The summed E-state index contributed by atoms with van der Waals surface area (Å²) in [5.74, 6) is -0.254. The first-order chi connectivity index (χ1) is 11.7. The van der Waals surface area contributed by atoms with E-state index in [1.54, 1.807) is 32.9 Å². The highest BCUT2D eigenvalue weighted by atomic mass is 16.6. The molecule has 0 unspecified atom stereocenters. The zero-order valence-electron chi connectivity index (χ0n) is 15.2. The molecule has 1 N–H and O–H groups in total. The molecule has 7 nitrogen and oxygen atoms in total. The lowest BCUT2D eigenvalue weighted by Gasteiger charge is -2.33. The summed E-state index contributed by atoms with van der Waals surface area (Å²) in [6, 6.07) is -0.277. The van der Waals surface area contributed by atoms with E-state index in [1.807, 2.05) is 0 Å². The Morgan fingerprint density at radius 3 is 2.52 bits per heavy atom. The number of nitrogens with zero attached hydrogens (tertiary/aromatic N) is 1. The minimum Gasteiger partial charge on any atom is -0.466 e. The van der Waals surface area contributed by atoms with Crippen molar-refractivity contribution in [2.45, 2.75) is 51.7 Å². The molecule has 0 spiro atoms. The molecule has 1 atom stereocenters. The standard InChI is InChI=1S/C18H26N2O5/c1-18(2,3)25-17(23)20-10-9-14(20)16(22)19-13(11-12-5-6-12)7-8-15(21)24-4/h7-9,12-13H,5-6,10-11H2,1-4H3,(H,19,22)/b8-7+/t13-/m1/s1. The Morgan fingerprint density at radius 1 is 1.36 bits per heavy atom. The van der Waals surface area contributed by atoms with Crippen molar-refractivity contribution < 1.29 is 23.9 Å². The fourth-order valence-corrected chi connectivity index (χ4v) is 2.38. The highest BCUT2D eigenvalue weighted by molar-refractivity contribution is 5.98. The molecule has 2 aliphatic rings. The monoisotopic (exact) mass is 350 g/mol. The highest BCUT2D eigenvalue weighted by Crippen LogP contribution is 2.34. The number of hydrogen-bond acceptors (Lipinski definition) is 5. The van der Waals surface area contributed by atoms with Crippen molar-refractivity contribution in [3.63, 3.8) is 0 Å². The SMILES string of the molecule is COC(=O)/C=C/[C@H](CC1CC1)NC(=O)C1=CCN1C(=O)OC(C)(C)C. The molecule has 0 bridgehead atoms. The summed E-state index contributed by atoms with van der Waals surface area (Å²) in [5, 5.41) is 2.87. The second kappa shape index (κ2) is 7.72. The van der Waals surface area contributed by atoms with Gasteiger partial charge in [0.1, 0.15) is 11.3 Å². The fraction of sp³-hybridized carbons (Fsp3) is 0.611. The van der Waals surface area contributed by atoms with Crippen LogP contribution in [-0.4, -0.2) is 48.2 Å². The van der Waals surface area contributed by atoms with Gasteiger partial charge in [-0.15, -0.1) is 0 Å². The van der Waals surface area contributed by atoms with E-state index in [0.29, 0.717) is 12.5 Å². The van der Waals surface area contributed by atoms with Gasteiger partial charge in [-0.2, -0.15) is 0 Å². The van der Waals surface area contributed by atoms with E-state index in [9.17, 15) is 14.4 Å². The summed E-state index contributed by atoms with van der Waals surface area (Å²) >= 11 is 0. The molecule has 0 aromatic rings. The Morgan fingerprint density at radius 2 is 2.04 bits per heavy atom. The first kappa shape index (κ1) is 19.0. The molecule has 1 fully saturated rings. The zero-order chi connectivity index (χ0) is 18.6. The summed E-state index contributed by atoms with van der Waals surface area (Å²) in [4.78, 5) is 37.1. The van der Waals surface area contributed by atoms with Crippen molar-refractivity contribution in [3.05, 3.63) is 23.9 Å². The van der Waals surface area contributed by atoms with Gasteiger partial charge in [0.25, 0.3) is 5.91 Å². The Balaban J connectivity index is 1.94. The predicted molar refractivity (Wildman–Crippen MR) is 91.5 cm³/mol. The third-order valence-corrected chi connectivity index (χ3v) is 3.87. The number of hydrogen-bond donors (Lipinski definition) is 1. The molecule has 1 saturated carbocycles. The Bertz CT molecular complexity index is 599. The number of rotatable bonds is 6. The summed E-state index contributed by atoms with van der Waals surface area (Å²) in [7, 11) is 1.30. The van der Waals surface area contributed by atoms with Gasteiger partial charge in [-0.05, 0) is 39.2 Å². The molecule has 1 aliphatic carbocycles. The number of ether oxygens (including phenoxy) is 2. The zero-order valence-corrected chi connectivity index (χ0v) is 15.2. The van der Waals surface area contributed by atoms with Crippen molar-refractivity contribution in [2.75, 3.05) is 13.7 Å². The lowest BCUT2D eigenvalue weighted by atomic mass is 10.1. The lowest BCUT2D eigenvalue weighted by Crippen LogP contribution is -2.48. The van der Waals surface area contributed by atoms with Gasteiger partial charge >= 0.3 is 12.1 Å². The van der Waals surface area contributed by atoms with Crippen LogP contribution in [0.3, 0.4) is 0 Å². The fourth-order valence-electron chi connectivity index (χ4n) is 2.38. The molecule has 0 aromatic heterocycles. The second-order valence-corrected chi connectivity index (χ2v) is 7.32. The maximum absolute atomic E-state index is 12.5. The van der Waals surface area contributed by atoms with Crippen LogP contribution >= 0.6 is 0 Å². The molecular formula is C18H26N2O5. The van der Waals surface area contributed by atoms with E-state index < -0.39 is 17.7 Å². The van der Waals surface area contributed by atoms with Gasteiger partial charge in [0, 0.05) is 18.7 Å². The quantitative estimate of drug-likeness (QED) is 0.586. The third kappa shape index (κ3) is 5.92. The molecule has 0 aromatic carbocycles. The van der Waals surface area contributed by atoms with Crippen molar-refractivity contribution >= 4 is 18.0 Å². The van der Waals surface area contributed by atoms with Crippen molar-refractivity contribution in [1.29, 1.82) is 0 Å². The summed E-state index contributed by atoms with van der Waals surface area (Å²) < 4.78 is 9.87. The number of amides is 2. The van der Waals surface area contributed by atoms with E-state index in [0.717, 1.165) is 19.3 Å². The Hall–Kier alpha value is -2.31. The van der Waals surface area contributed by atoms with Crippen molar-refractivity contribution in [3.8, 4) is 0 Å². The van der Waals surface area contributed by atoms with Crippen molar-refractivity contribution in [1.82, 2.24) is 10.2 Å². The van der Waals surface area contributed by atoms with Gasteiger partial charge in [0.05, 0.1) is 7.11 Å². The van der Waals surface area contributed by atoms with Crippen LogP contribution in [0.4, 0.5) is 4.79 Å². The molecule has 1 heterocycles. The minimum atomic E-state index is -0.619. The number of methoxy groups -OCH3 is 1. The number of carbonyl (C=O) groups excluding carboxylic acids is 3. The molecular weight excluding hydrogens is 324 g/mol. The molecule has 2 rings (SSSR count). The van der Waals surface area contributed by atoms with Gasteiger partial charge in [-0.3, -0.25) is 9.69 Å². The van der Waals surface area contributed by atoms with Gasteiger partial charge in [-0.25, -0.2) is 9.59 Å². The highest BCUT2D eigenvalue weighted by Gasteiger charge is 2.34. The largest absolute Gasteiger partial charge is 0.466 e. The van der Waals surface area contributed by atoms with E-state index in [1.165, 1.54) is 18.1 Å². The first-order valence-electron chi connectivity index (χ1n) is 8.47. The maximum atomic E-state index is 12.5. The molecule has 138 valence electrons. The second-order valence-electron chi connectivity index (χ2n) is 7.32. The van der Waals surface area contributed by atoms with Crippen molar-refractivity contribution in [2.24, 2.45) is 5.92 Å².